The molecule has 2 N–H and O–H groups in total. The zero-order valence-corrected chi connectivity index (χ0v) is 24.1. The Morgan fingerprint density at radius 1 is 1.00 bits per heavy atom. The first kappa shape index (κ1) is 28.0. The Kier molecular flexibility index (Phi) is 7.60. The van der Waals surface area contributed by atoms with Gasteiger partial charge in [-0.05, 0) is 42.7 Å². The molecule has 0 atom stereocenters. The second kappa shape index (κ2) is 11.7. The first-order chi connectivity index (χ1) is 21.0. The smallest absolute Gasteiger partial charge is 0.256 e. The molecule has 5 aromatic rings. The van der Waals surface area contributed by atoms with Crippen molar-refractivity contribution in [3.63, 3.8) is 0 Å². The number of imidazole rings is 1. The zero-order chi connectivity index (χ0) is 29.4. The van der Waals surface area contributed by atoms with E-state index in [2.05, 4.69) is 31.5 Å². The summed E-state index contributed by atoms with van der Waals surface area (Å²) >= 11 is 0. The van der Waals surface area contributed by atoms with Crippen molar-refractivity contribution in [3.05, 3.63) is 82.5 Å². The summed E-state index contributed by atoms with van der Waals surface area (Å²) in [5.74, 6) is 0.376. The number of aromatic amines is 1. The molecule has 43 heavy (non-hydrogen) atoms. The Morgan fingerprint density at radius 3 is 2.58 bits per heavy atom. The lowest BCUT2D eigenvalue weighted by atomic mass is 9.92. The number of H-pyrrole nitrogens is 1. The van der Waals surface area contributed by atoms with Crippen LogP contribution in [-0.2, 0) is 16.0 Å². The summed E-state index contributed by atoms with van der Waals surface area (Å²) in [5.41, 5.74) is 1.50. The van der Waals surface area contributed by atoms with Crippen LogP contribution in [-0.4, -0.2) is 89.3 Å². The highest BCUT2D eigenvalue weighted by molar-refractivity contribution is 6.23. The Bertz CT molecular complexity index is 1810. The number of morpholine rings is 1. The molecule has 0 amide bonds. The largest absolute Gasteiger partial charge is 0.387 e. The fourth-order valence-electron chi connectivity index (χ4n) is 6.48. The molecular formula is C33H36FN5O4. The summed E-state index contributed by atoms with van der Waals surface area (Å²) in [6, 6.07) is 16.6. The van der Waals surface area contributed by atoms with Crippen LogP contribution in [0.1, 0.15) is 18.4 Å². The number of benzene rings is 3. The second-order valence-electron chi connectivity index (χ2n) is 11.7. The Hall–Kier alpha value is -3.83. The molecule has 0 unspecified atom stereocenters. The van der Waals surface area contributed by atoms with E-state index in [1.807, 2.05) is 24.3 Å². The van der Waals surface area contributed by atoms with Gasteiger partial charge in [-0.2, -0.15) is 0 Å². The third-order valence-corrected chi connectivity index (χ3v) is 8.86. The van der Waals surface area contributed by atoms with Crippen molar-refractivity contribution in [2.24, 2.45) is 0 Å². The van der Waals surface area contributed by atoms with Gasteiger partial charge in [0.2, 0.25) is 5.95 Å². The van der Waals surface area contributed by atoms with Gasteiger partial charge in [-0.15, -0.1) is 0 Å². The van der Waals surface area contributed by atoms with Crippen LogP contribution in [0.15, 0.2) is 65.6 Å². The zero-order valence-electron chi connectivity index (χ0n) is 24.1. The number of anilines is 1. The fourth-order valence-corrected chi connectivity index (χ4v) is 6.48. The maximum Gasteiger partial charge on any atom is 0.256 e. The number of hydrogen-bond donors (Lipinski definition) is 2. The average molecular weight is 586 g/mol. The highest BCUT2D eigenvalue weighted by Gasteiger charge is 2.35. The molecule has 0 spiro atoms. The van der Waals surface area contributed by atoms with Crippen molar-refractivity contribution in [1.82, 2.24) is 19.4 Å². The van der Waals surface area contributed by atoms with Gasteiger partial charge in [0.25, 0.3) is 5.56 Å². The molecule has 2 saturated heterocycles. The Balaban J connectivity index is 1.22. The standard InChI is InChI=1S/C33H36FN5O4/c34-24-6-7-25-27(20-24)28-26(8-11-35-31(28)40)29-30(25)39(21-23-4-2-1-3-5-23)32(36-29)38-12-9-33(41,10-13-38)22-43-19-16-37-14-17-42-18-15-37/h1-8,11,20,41H,9-10,12-19,21-22H2,(H,35,40). The van der Waals surface area contributed by atoms with Crippen LogP contribution in [0.5, 0.6) is 0 Å². The summed E-state index contributed by atoms with van der Waals surface area (Å²) in [6.07, 6.45) is 2.71. The molecule has 4 heterocycles. The van der Waals surface area contributed by atoms with Crippen LogP contribution in [0.2, 0.25) is 0 Å². The lowest BCUT2D eigenvalue weighted by Crippen LogP contribution is -2.48. The molecule has 3 aromatic carbocycles. The molecule has 0 bridgehead atoms. The van der Waals surface area contributed by atoms with Gasteiger partial charge >= 0.3 is 0 Å². The summed E-state index contributed by atoms with van der Waals surface area (Å²) in [6.45, 7) is 6.83. The highest BCUT2D eigenvalue weighted by Crippen LogP contribution is 2.38. The lowest BCUT2D eigenvalue weighted by Gasteiger charge is -2.38. The molecule has 0 saturated carbocycles. The van der Waals surface area contributed by atoms with Crippen molar-refractivity contribution in [1.29, 1.82) is 0 Å². The Morgan fingerprint density at radius 2 is 1.79 bits per heavy atom. The Labute approximate surface area is 248 Å². The van der Waals surface area contributed by atoms with Crippen LogP contribution >= 0.6 is 0 Å². The summed E-state index contributed by atoms with van der Waals surface area (Å²) < 4.78 is 28.1. The predicted molar refractivity (Wildman–Crippen MR) is 165 cm³/mol. The maximum absolute atomic E-state index is 14.5. The number of pyridine rings is 1. The van der Waals surface area contributed by atoms with Gasteiger partial charge in [-0.3, -0.25) is 9.69 Å². The number of aliphatic hydroxyl groups is 1. The van der Waals surface area contributed by atoms with Gasteiger partial charge in [-0.1, -0.05) is 30.3 Å². The van der Waals surface area contributed by atoms with Gasteiger partial charge in [0.1, 0.15) is 5.82 Å². The van der Waals surface area contributed by atoms with E-state index < -0.39 is 11.4 Å². The predicted octanol–water partition coefficient (Wildman–Crippen LogP) is 3.90. The number of piperidine rings is 1. The van der Waals surface area contributed by atoms with Gasteiger partial charge in [0.15, 0.2) is 0 Å². The topological polar surface area (TPSA) is 95.8 Å². The minimum atomic E-state index is -0.901. The van der Waals surface area contributed by atoms with Crippen molar-refractivity contribution in [2.45, 2.75) is 25.0 Å². The van der Waals surface area contributed by atoms with Gasteiger partial charge in [-0.25, -0.2) is 9.37 Å². The summed E-state index contributed by atoms with van der Waals surface area (Å²) in [7, 11) is 0. The molecule has 2 fully saturated rings. The molecule has 224 valence electrons. The number of fused-ring (bicyclic) bond motifs is 6. The first-order valence-electron chi connectivity index (χ1n) is 15.0. The molecule has 2 aromatic heterocycles. The molecule has 0 radical (unpaired) electrons. The van der Waals surface area contributed by atoms with Crippen molar-refractivity contribution < 1.29 is 19.0 Å². The van der Waals surface area contributed by atoms with E-state index in [-0.39, 0.29) is 5.56 Å². The minimum absolute atomic E-state index is 0.272. The fraction of sp³-hybridized carbons (Fsp3) is 0.394. The molecule has 9 nitrogen and oxygen atoms in total. The van der Waals surface area contributed by atoms with Crippen LogP contribution in [0, 0.1) is 5.82 Å². The van der Waals surface area contributed by atoms with E-state index in [1.165, 1.54) is 12.1 Å². The molecule has 7 rings (SSSR count). The maximum atomic E-state index is 14.5. The van der Waals surface area contributed by atoms with Gasteiger partial charge in [0.05, 0.1) is 55.0 Å². The van der Waals surface area contributed by atoms with Crippen LogP contribution < -0.4 is 10.5 Å². The van der Waals surface area contributed by atoms with E-state index in [9.17, 15) is 14.3 Å². The number of hydrogen-bond acceptors (Lipinski definition) is 7. The number of halogens is 1. The number of ether oxygens (including phenoxy) is 2. The quantitative estimate of drug-likeness (QED) is 0.211. The average Bonchev–Trinajstić information content (AvgIpc) is 3.40. The number of rotatable bonds is 8. The van der Waals surface area contributed by atoms with E-state index in [4.69, 9.17) is 14.5 Å². The normalized spacial score (nSPS) is 17.8. The molecule has 10 heteroatoms. The van der Waals surface area contributed by atoms with E-state index >= 15 is 0 Å². The van der Waals surface area contributed by atoms with Crippen molar-refractivity contribution >= 4 is 38.5 Å². The molecule has 2 aliphatic heterocycles. The van der Waals surface area contributed by atoms with E-state index in [0.717, 1.165) is 55.3 Å². The molecule has 0 aliphatic carbocycles. The molecular weight excluding hydrogens is 549 g/mol. The number of nitrogens with one attached hydrogen (secondary N) is 1. The van der Waals surface area contributed by atoms with Crippen LogP contribution in [0.4, 0.5) is 10.3 Å². The number of nitrogens with zero attached hydrogens (tertiary/aromatic N) is 4. The number of aromatic nitrogens is 3. The van der Waals surface area contributed by atoms with E-state index in [0.29, 0.717) is 67.4 Å². The summed E-state index contributed by atoms with van der Waals surface area (Å²) in [5, 5.41) is 13.8. The van der Waals surface area contributed by atoms with Gasteiger partial charge in [0, 0.05) is 55.1 Å². The first-order valence-corrected chi connectivity index (χ1v) is 15.0. The highest BCUT2D eigenvalue weighted by atomic mass is 19.1. The monoisotopic (exact) mass is 585 g/mol. The summed E-state index contributed by atoms with van der Waals surface area (Å²) in [4.78, 5) is 25.5. The van der Waals surface area contributed by atoms with Gasteiger partial charge < -0.3 is 29.0 Å². The van der Waals surface area contributed by atoms with Crippen molar-refractivity contribution in [2.75, 3.05) is 64.1 Å². The third kappa shape index (κ3) is 5.51. The SMILES string of the molecule is O=c1[nH]ccc2c3nc(N4CCC(O)(COCCN5CCOCC5)CC4)n(Cc4ccccc4)c3c3ccc(F)cc3c12. The molecule has 2 aliphatic rings. The van der Waals surface area contributed by atoms with Crippen molar-refractivity contribution in [3.8, 4) is 0 Å². The van der Waals surface area contributed by atoms with Crippen LogP contribution in [0.3, 0.4) is 0 Å². The van der Waals surface area contributed by atoms with E-state index in [1.54, 1.807) is 12.3 Å². The van der Waals surface area contributed by atoms with Crippen LogP contribution in [0.25, 0.3) is 32.6 Å². The second-order valence-corrected chi connectivity index (χ2v) is 11.7. The lowest BCUT2D eigenvalue weighted by molar-refractivity contribution is -0.0668. The third-order valence-electron chi connectivity index (χ3n) is 8.86. The minimum Gasteiger partial charge on any atom is -0.387 e.